The molecule has 0 saturated heterocycles. The molecule has 0 aliphatic heterocycles. The molecule has 0 radical (unpaired) electrons. The van der Waals surface area contributed by atoms with Crippen molar-refractivity contribution in [3.05, 3.63) is 51.7 Å². The molecule has 13 heteroatoms. The molecule has 0 bridgehead atoms. The third-order valence-electron chi connectivity index (χ3n) is 4.46. The zero-order chi connectivity index (χ0) is 27.6. The lowest BCUT2D eigenvalue weighted by atomic mass is 10.1. The van der Waals surface area contributed by atoms with Gasteiger partial charge in [-0.2, -0.15) is 5.26 Å². The molecular formula is C24H27N5O7S. The van der Waals surface area contributed by atoms with Crippen molar-refractivity contribution in [1.29, 1.82) is 5.26 Å². The van der Waals surface area contributed by atoms with Crippen molar-refractivity contribution in [3.63, 3.8) is 0 Å². The second kappa shape index (κ2) is 13.0. The quantitative estimate of drug-likeness (QED) is 0.307. The van der Waals surface area contributed by atoms with E-state index in [2.05, 4.69) is 21.3 Å². The van der Waals surface area contributed by atoms with Crippen LogP contribution in [0.25, 0.3) is 0 Å². The predicted molar refractivity (Wildman–Crippen MR) is 134 cm³/mol. The van der Waals surface area contributed by atoms with Crippen LogP contribution in [0, 0.1) is 11.3 Å². The number of thiophene rings is 1. The first-order valence-corrected chi connectivity index (χ1v) is 11.8. The summed E-state index contributed by atoms with van der Waals surface area (Å²) in [6.07, 6.45) is -0.849. The third-order valence-corrected chi connectivity index (χ3v) is 5.45. The van der Waals surface area contributed by atoms with Gasteiger partial charge in [0.2, 0.25) is 11.8 Å². The molecule has 4 amide bonds. The highest BCUT2D eigenvalue weighted by Gasteiger charge is 2.24. The lowest BCUT2D eigenvalue weighted by molar-refractivity contribution is -0.139. The van der Waals surface area contributed by atoms with E-state index in [9.17, 15) is 29.1 Å². The normalized spacial score (nSPS) is 11.4. The fourth-order valence-corrected chi connectivity index (χ4v) is 3.54. The summed E-state index contributed by atoms with van der Waals surface area (Å²) in [5, 5.41) is 27.9. The molecule has 0 spiro atoms. The van der Waals surface area contributed by atoms with Crippen molar-refractivity contribution < 1.29 is 33.8 Å². The summed E-state index contributed by atoms with van der Waals surface area (Å²) in [5.41, 5.74) is 0.237. The Balaban J connectivity index is 1.78. The number of benzene rings is 1. The Bertz CT molecular complexity index is 1200. The van der Waals surface area contributed by atoms with Gasteiger partial charge in [0.05, 0.1) is 18.0 Å². The monoisotopic (exact) mass is 529 g/mol. The molecule has 196 valence electrons. The van der Waals surface area contributed by atoms with E-state index in [1.54, 1.807) is 45.0 Å². The van der Waals surface area contributed by atoms with Gasteiger partial charge in [0.25, 0.3) is 5.91 Å². The maximum Gasteiger partial charge on any atom is 0.408 e. The van der Waals surface area contributed by atoms with E-state index in [0.717, 1.165) is 11.3 Å². The number of amides is 4. The number of ether oxygens (including phenoxy) is 1. The van der Waals surface area contributed by atoms with Crippen LogP contribution in [0.2, 0.25) is 0 Å². The highest BCUT2D eigenvalue weighted by molar-refractivity contribution is 7.14. The number of hydrogen-bond donors (Lipinski definition) is 5. The molecule has 0 fully saturated rings. The van der Waals surface area contributed by atoms with Gasteiger partial charge in [-0.15, -0.1) is 11.3 Å². The summed E-state index contributed by atoms with van der Waals surface area (Å²) in [5.74, 6) is -2.82. The second-order valence-corrected chi connectivity index (χ2v) is 9.81. The SMILES string of the molecule is CC(C)(C)OC(=O)N[C@@H](Cc1ccc(NC(=O)CNC(=O)CNC(=O)c2ccc(C#N)s2)cc1)C(=O)O. The third kappa shape index (κ3) is 10.4. The summed E-state index contributed by atoms with van der Waals surface area (Å²) in [4.78, 5) is 60.1. The molecule has 0 aliphatic rings. The maximum atomic E-state index is 12.1. The number of carbonyl (C=O) groups excluding carboxylic acids is 4. The molecule has 0 aliphatic carbocycles. The van der Waals surface area contributed by atoms with Crippen LogP contribution in [0.15, 0.2) is 36.4 Å². The minimum absolute atomic E-state index is 0.00607. The van der Waals surface area contributed by atoms with Gasteiger partial charge in [-0.3, -0.25) is 14.4 Å². The fraction of sp³-hybridized carbons (Fsp3) is 0.333. The van der Waals surface area contributed by atoms with Gasteiger partial charge >= 0.3 is 12.1 Å². The van der Waals surface area contributed by atoms with Crippen molar-refractivity contribution in [1.82, 2.24) is 16.0 Å². The van der Waals surface area contributed by atoms with Gasteiger partial charge < -0.3 is 31.1 Å². The number of nitrogens with zero attached hydrogens (tertiary/aromatic N) is 1. The Hall–Kier alpha value is -4.44. The van der Waals surface area contributed by atoms with E-state index in [1.165, 1.54) is 12.1 Å². The minimum Gasteiger partial charge on any atom is -0.480 e. The molecule has 1 heterocycles. The van der Waals surface area contributed by atoms with E-state index in [0.29, 0.717) is 21.0 Å². The first-order valence-electron chi connectivity index (χ1n) is 11.0. The molecule has 12 nitrogen and oxygen atoms in total. The van der Waals surface area contributed by atoms with E-state index >= 15 is 0 Å². The number of rotatable bonds is 10. The van der Waals surface area contributed by atoms with Gasteiger partial charge in [-0.25, -0.2) is 9.59 Å². The summed E-state index contributed by atoms with van der Waals surface area (Å²) in [7, 11) is 0. The summed E-state index contributed by atoms with van der Waals surface area (Å²) >= 11 is 1.000. The Morgan fingerprint density at radius 1 is 1.00 bits per heavy atom. The maximum absolute atomic E-state index is 12.1. The molecule has 1 aromatic heterocycles. The molecular weight excluding hydrogens is 502 g/mol. The van der Waals surface area contributed by atoms with Crippen LogP contribution in [0.4, 0.5) is 10.5 Å². The largest absolute Gasteiger partial charge is 0.480 e. The first kappa shape index (κ1) is 28.8. The fourth-order valence-electron chi connectivity index (χ4n) is 2.82. The van der Waals surface area contributed by atoms with Crippen LogP contribution in [-0.2, 0) is 25.5 Å². The molecule has 5 N–H and O–H groups in total. The van der Waals surface area contributed by atoms with Crippen molar-refractivity contribution in [2.45, 2.75) is 38.8 Å². The van der Waals surface area contributed by atoms with E-state index in [-0.39, 0.29) is 19.5 Å². The average Bonchev–Trinajstić information content (AvgIpc) is 3.30. The Morgan fingerprint density at radius 2 is 1.65 bits per heavy atom. The molecule has 0 unspecified atom stereocenters. The van der Waals surface area contributed by atoms with Gasteiger partial charge in [0, 0.05) is 12.1 Å². The highest BCUT2D eigenvalue weighted by Crippen LogP contribution is 2.15. The van der Waals surface area contributed by atoms with Crippen LogP contribution < -0.4 is 21.3 Å². The lowest BCUT2D eigenvalue weighted by Gasteiger charge is -2.22. The average molecular weight is 530 g/mol. The topological polar surface area (TPSA) is 187 Å². The number of nitriles is 1. The number of nitrogens with one attached hydrogen (secondary N) is 4. The molecule has 2 rings (SSSR count). The number of alkyl carbamates (subject to hydrolysis) is 1. The van der Waals surface area contributed by atoms with Crippen molar-refractivity contribution in [2.24, 2.45) is 0 Å². The minimum atomic E-state index is -1.22. The van der Waals surface area contributed by atoms with Gasteiger partial charge in [-0.1, -0.05) is 12.1 Å². The van der Waals surface area contributed by atoms with E-state index in [4.69, 9.17) is 10.00 Å². The van der Waals surface area contributed by atoms with Crippen LogP contribution in [0.1, 0.15) is 40.9 Å². The molecule has 0 saturated carbocycles. The van der Waals surface area contributed by atoms with Gasteiger partial charge in [-0.05, 0) is 50.6 Å². The number of aliphatic carboxylic acids is 1. The Kier molecular flexibility index (Phi) is 10.1. The lowest BCUT2D eigenvalue weighted by Crippen LogP contribution is -2.44. The zero-order valence-corrected chi connectivity index (χ0v) is 21.2. The van der Waals surface area contributed by atoms with Gasteiger partial charge in [0.15, 0.2) is 0 Å². The second-order valence-electron chi connectivity index (χ2n) is 8.72. The number of carbonyl (C=O) groups is 5. The zero-order valence-electron chi connectivity index (χ0n) is 20.4. The number of hydrogen-bond acceptors (Lipinski definition) is 8. The Morgan fingerprint density at radius 3 is 2.22 bits per heavy atom. The smallest absolute Gasteiger partial charge is 0.408 e. The molecule has 37 heavy (non-hydrogen) atoms. The summed E-state index contributed by atoms with van der Waals surface area (Å²) in [6, 6.07) is 9.99. The van der Waals surface area contributed by atoms with Crippen LogP contribution in [0.5, 0.6) is 0 Å². The first-order chi connectivity index (χ1) is 17.4. The van der Waals surface area contributed by atoms with Crippen LogP contribution >= 0.6 is 11.3 Å². The van der Waals surface area contributed by atoms with E-state index < -0.39 is 41.4 Å². The Labute approximate surface area is 217 Å². The van der Waals surface area contributed by atoms with E-state index in [1.807, 2.05) is 6.07 Å². The summed E-state index contributed by atoms with van der Waals surface area (Å²) < 4.78 is 5.09. The number of carboxylic acid groups (broad SMARTS) is 1. The summed E-state index contributed by atoms with van der Waals surface area (Å²) in [6.45, 7) is 4.31. The number of carboxylic acids is 1. The molecule has 2 aromatic rings. The predicted octanol–water partition coefficient (Wildman–Crippen LogP) is 1.62. The van der Waals surface area contributed by atoms with Crippen molar-refractivity contribution >= 4 is 46.8 Å². The molecule has 1 aromatic carbocycles. The van der Waals surface area contributed by atoms with Gasteiger partial charge in [0.1, 0.15) is 22.6 Å². The highest BCUT2D eigenvalue weighted by atomic mass is 32.1. The van der Waals surface area contributed by atoms with Crippen molar-refractivity contribution in [2.75, 3.05) is 18.4 Å². The standard InChI is InChI=1S/C24H27N5O7S/c1-24(2,3)36-23(35)29-17(22(33)34)10-14-4-6-15(7-5-14)28-20(31)13-26-19(30)12-27-21(32)18-9-8-16(11-25)37-18/h4-9,17H,10,12-13H2,1-3H3,(H,26,30)(H,27,32)(H,28,31)(H,29,35)(H,33,34)/t17-/m0/s1. The van der Waals surface area contributed by atoms with Crippen molar-refractivity contribution in [3.8, 4) is 6.07 Å². The molecule has 1 atom stereocenters. The van der Waals surface area contributed by atoms with Crippen LogP contribution in [0.3, 0.4) is 0 Å². The van der Waals surface area contributed by atoms with Crippen LogP contribution in [-0.4, -0.2) is 59.6 Å². The number of anilines is 1.